The molecule has 0 radical (unpaired) electrons. The second-order valence-corrected chi connectivity index (χ2v) is 12.9. The third kappa shape index (κ3) is 19.8. The quantitative estimate of drug-likeness (QED) is 0.0880. The third-order valence-corrected chi connectivity index (χ3v) is 9.08. The summed E-state index contributed by atoms with van der Waals surface area (Å²) in [5, 5.41) is 0. The number of aromatic nitrogens is 2. The summed E-state index contributed by atoms with van der Waals surface area (Å²) in [6.45, 7) is 9.38. The maximum atomic E-state index is 4.92. The molecular weight excluding hydrogens is 472 g/mol. The van der Waals surface area contributed by atoms with Gasteiger partial charge < -0.3 is 4.57 Å². The summed E-state index contributed by atoms with van der Waals surface area (Å²) in [5.74, 6) is 2.04. The SMILES string of the molecule is CCCCCCCCCCCCCCCCCC(C)n1ccnc1C(CCCC)CCCCCCCCCC. The van der Waals surface area contributed by atoms with Crippen molar-refractivity contribution < 1.29 is 0 Å². The number of rotatable bonds is 30. The highest BCUT2D eigenvalue weighted by Crippen LogP contribution is 2.30. The van der Waals surface area contributed by atoms with Gasteiger partial charge in [0.05, 0.1) is 0 Å². The van der Waals surface area contributed by atoms with E-state index >= 15 is 0 Å². The molecule has 1 heterocycles. The smallest absolute Gasteiger partial charge is 0.111 e. The predicted molar refractivity (Wildman–Crippen MR) is 176 cm³/mol. The van der Waals surface area contributed by atoms with Gasteiger partial charge in [-0.2, -0.15) is 0 Å². The van der Waals surface area contributed by atoms with Crippen molar-refractivity contribution in [2.24, 2.45) is 0 Å². The van der Waals surface area contributed by atoms with Crippen LogP contribution in [0.1, 0.15) is 225 Å². The van der Waals surface area contributed by atoms with Gasteiger partial charge in [-0.3, -0.25) is 0 Å². The number of hydrogen-bond donors (Lipinski definition) is 0. The fourth-order valence-electron chi connectivity index (χ4n) is 6.34. The first-order valence-corrected chi connectivity index (χ1v) is 18.3. The molecule has 0 saturated carbocycles. The topological polar surface area (TPSA) is 17.8 Å². The maximum absolute atomic E-state index is 4.92. The van der Waals surface area contributed by atoms with Crippen LogP contribution in [0.5, 0.6) is 0 Å². The highest BCUT2D eigenvalue weighted by atomic mass is 15.1. The fraction of sp³-hybridized carbons (Fsp3) is 0.919. The average Bonchev–Trinajstić information content (AvgIpc) is 3.44. The summed E-state index contributed by atoms with van der Waals surface area (Å²) < 4.78 is 2.55. The lowest BCUT2D eigenvalue weighted by molar-refractivity contribution is 0.415. The van der Waals surface area contributed by atoms with Crippen molar-refractivity contribution in [2.45, 2.75) is 219 Å². The first-order chi connectivity index (χ1) is 19.2. The van der Waals surface area contributed by atoms with Gasteiger partial charge in [-0.25, -0.2) is 4.98 Å². The van der Waals surface area contributed by atoms with Crippen LogP contribution in [-0.2, 0) is 0 Å². The van der Waals surface area contributed by atoms with Crippen LogP contribution >= 0.6 is 0 Å². The molecule has 0 aliphatic rings. The Morgan fingerprint density at radius 1 is 0.487 bits per heavy atom. The second kappa shape index (κ2) is 27.4. The van der Waals surface area contributed by atoms with Crippen LogP contribution in [0.15, 0.2) is 12.4 Å². The van der Waals surface area contributed by atoms with E-state index in [0.717, 1.165) is 0 Å². The molecule has 0 bridgehead atoms. The van der Waals surface area contributed by atoms with Crippen LogP contribution in [0.3, 0.4) is 0 Å². The summed E-state index contributed by atoms with van der Waals surface area (Å²) in [4.78, 5) is 4.92. The zero-order chi connectivity index (χ0) is 28.2. The Morgan fingerprint density at radius 3 is 1.28 bits per heavy atom. The lowest BCUT2D eigenvalue weighted by Gasteiger charge is -2.22. The summed E-state index contributed by atoms with van der Waals surface area (Å²) in [6.07, 6.45) is 43.8. The molecular formula is C37H72N2. The van der Waals surface area contributed by atoms with Crippen molar-refractivity contribution in [1.29, 1.82) is 0 Å². The van der Waals surface area contributed by atoms with Crippen molar-refractivity contribution >= 4 is 0 Å². The second-order valence-electron chi connectivity index (χ2n) is 12.9. The van der Waals surface area contributed by atoms with Crippen molar-refractivity contribution in [3.8, 4) is 0 Å². The van der Waals surface area contributed by atoms with E-state index in [9.17, 15) is 0 Å². The molecule has 2 nitrogen and oxygen atoms in total. The van der Waals surface area contributed by atoms with E-state index in [0.29, 0.717) is 12.0 Å². The van der Waals surface area contributed by atoms with Gasteiger partial charge in [0.2, 0.25) is 0 Å². The van der Waals surface area contributed by atoms with Crippen LogP contribution in [-0.4, -0.2) is 9.55 Å². The molecule has 0 aliphatic heterocycles. The van der Waals surface area contributed by atoms with E-state index in [1.54, 1.807) is 0 Å². The number of hydrogen-bond acceptors (Lipinski definition) is 1. The summed E-state index contributed by atoms with van der Waals surface area (Å²) >= 11 is 0. The summed E-state index contributed by atoms with van der Waals surface area (Å²) in [6, 6.07) is 0.590. The van der Waals surface area contributed by atoms with Crippen molar-refractivity contribution in [3.05, 3.63) is 18.2 Å². The van der Waals surface area contributed by atoms with Crippen molar-refractivity contribution in [1.82, 2.24) is 9.55 Å². The first kappa shape index (κ1) is 36.2. The summed E-state index contributed by atoms with van der Waals surface area (Å²) in [7, 11) is 0. The number of nitrogens with zero attached hydrogens (tertiary/aromatic N) is 2. The molecule has 2 atom stereocenters. The van der Waals surface area contributed by atoms with Crippen LogP contribution in [0.4, 0.5) is 0 Å². The van der Waals surface area contributed by atoms with Gasteiger partial charge in [0.15, 0.2) is 0 Å². The molecule has 230 valence electrons. The van der Waals surface area contributed by atoms with Gasteiger partial charge in [0, 0.05) is 24.4 Å². The molecule has 1 rings (SSSR count). The zero-order valence-electron chi connectivity index (χ0n) is 27.5. The number of unbranched alkanes of at least 4 members (excludes halogenated alkanes) is 22. The van der Waals surface area contributed by atoms with Gasteiger partial charge in [-0.05, 0) is 26.2 Å². The Balaban J connectivity index is 2.18. The molecule has 2 heteroatoms. The Labute approximate surface area is 246 Å². The molecule has 0 N–H and O–H groups in total. The van der Waals surface area contributed by atoms with Gasteiger partial charge in [-0.15, -0.1) is 0 Å². The molecule has 1 aromatic rings. The van der Waals surface area contributed by atoms with Crippen LogP contribution in [0.25, 0.3) is 0 Å². The Kier molecular flexibility index (Phi) is 25.4. The van der Waals surface area contributed by atoms with Crippen molar-refractivity contribution in [3.63, 3.8) is 0 Å². The standard InChI is InChI=1S/C37H72N2/c1-5-8-11-13-15-17-18-19-20-21-22-23-24-26-28-30-35(4)39-34-33-38-37(39)36(31-10-7-3)32-29-27-25-16-14-12-9-6-2/h33-36H,5-32H2,1-4H3. The molecule has 1 aromatic heterocycles. The van der Waals surface area contributed by atoms with Gasteiger partial charge in [0.25, 0.3) is 0 Å². The Bertz CT molecular complexity index is 606. The molecule has 0 amide bonds. The third-order valence-electron chi connectivity index (χ3n) is 9.08. The fourth-order valence-corrected chi connectivity index (χ4v) is 6.34. The summed E-state index contributed by atoms with van der Waals surface area (Å²) in [5.41, 5.74) is 0. The maximum Gasteiger partial charge on any atom is 0.111 e. The van der Waals surface area contributed by atoms with E-state index < -0.39 is 0 Å². The van der Waals surface area contributed by atoms with E-state index in [-0.39, 0.29) is 0 Å². The van der Waals surface area contributed by atoms with E-state index in [4.69, 9.17) is 4.98 Å². The molecule has 0 spiro atoms. The van der Waals surface area contributed by atoms with Crippen molar-refractivity contribution in [2.75, 3.05) is 0 Å². The predicted octanol–water partition coefficient (Wildman–Crippen LogP) is 13.5. The minimum Gasteiger partial charge on any atom is -0.332 e. The Morgan fingerprint density at radius 2 is 0.846 bits per heavy atom. The Hall–Kier alpha value is -0.790. The van der Waals surface area contributed by atoms with Gasteiger partial charge >= 0.3 is 0 Å². The molecule has 0 aliphatic carbocycles. The van der Waals surface area contributed by atoms with E-state index in [1.807, 2.05) is 0 Å². The number of imidazole rings is 1. The van der Waals surface area contributed by atoms with Crippen LogP contribution in [0.2, 0.25) is 0 Å². The monoisotopic (exact) mass is 545 g/mol. The minimum atomic E-state index is 0.590. The average molecular weight is 545 g/mol. The highest BCUT2D eigenvalue weighted by Gasteiger charge is 2.19. The van der Waals surface area contributed by atoms with E-state index in [2.05, 4.69) is 44.7 Å². The molecule has 0 aromatic carbocycles. The molecule has 0 saturated heterocycles. The molecule has 39 heavy (non-hydrogen) atoms. The molecule has 2 unspecified atom stereocenters. The largest absolute Gasteiger partial charge is 0.332 e. The van der Waals surface area contributed by atoms with Gasteiger partial charge in [-0.1, -0.05) is 181 Å². The zero-order valence-corrected chi connectivity index (χ0v) is 27.5. The van der Waals surface area contributed by atoms with Crippen LogP contribution < -0.4 is 0 Å². The van der Waals surface area contributed by atoms with Gasteiger partial charge in [0.1, 0.15) is 5.82 Å². The normalized spacial score (nSPS) is 13.2. The highest BCUT2D eigenvalue weighted by molar-refractivity contribution is 5.02. The molecule has 0 fully saturated rings. The van der Waals surface area contributed by atoms with Crippen LogP contribution in [0, 0.1) is 0 Å². The lowest BCUT2D eigenvalue weighted by atomic mass is 9.93. The van der Waals surface area contributed by atoms with E-state index in [1.165, 1.54) is 186 Å². The first-order valence-electron chi connectivity index (χ1n) is 18.3. The minimum absolute atomic E-state index is 0.590. The lowest BCUT2D eigenvalue weighted by Crippen LogP contribution is -2.13.